The minimum Gasteiger partial charge on any atom is -0.406 e. The lowest BCUT2D eigenvalue weighted by Gasteiger charge is -2.28. The molecule has 1 aliphatic rings. The number of benzene rings is 2. The van der Waals surface area contributed by atoms with E-state index in [-0.39, 0.29) is 10.7 Å². The lowest BCUT2D eigenvalue weighted by atomic mass is 10.1. The molecule has 0 atom stereocenters. The van der Waals surface area contributed by atoms with Gasteiger partial charge in [-0.15, -0.1) is 13.2 Å². The van der Waals surface area contributed by atoms with Gasteiger partial charge in [0.25, 0.3) is 10.0 Å². The maximum atomic E-state index is 12.4. The van der Waals surface area contributed by atoms with Gasteiger partial charge < -0.3 is 9.64 Å². The maximum Gasteiger partial charge on any atom is 0.573 e. The Morgan fingerprint density at radius 1 is 0.929 bits per heavy atom. The van der Waals surface area contributed by atoms with E-state index in [0.29, 0.717) is 31.6 Å². The van der Waals surface area contributed by atoms with Crippen molar-refractivity contribution in [1.82, 2.24) is 0 Å². The van der Waals surface area contributed by atoms with Gasteiger partial charge in [0, 0.05) is 37.3 Å². The number of ketones is 1. The van der Waals surface area contributed by atoms with Crippen molar-refractivity contribution in [3.05, 3.63) is 48.5 Å². The lowest BCUT2D eigenvalue weighted by molar-refractivity contribution is -0.274. The third-order valence-corrected chi connectivity index (χ3v) is 5.57. The molecule has 0 amide bonds. The summed E-state index contributed by atoms with van der Waals surface area (Å²) in [5.41, 5.74) is 1.19. The molecule has 6 nitrogen and oxygen atoms in total. The molecular weight excluding hydrogens is 397 g/mol. The van der Waals surface area contributed by atoms with Crippen molar-refractivity contribution in [2.45, 2.75) is 24.1 Å². The van der Waals surface area contributed by atoms with Crippen molar-refractivity contribution >= 4 is 27.2 Å². The molecule has 1 heterocycles. The van der Waals surface area contributed by atoms with Crippen LogP contribution in [0.3, 0.4) is 0 Å². The fourth-order valence-electron chi connectivity index (χ4n) is 2.79. The summed E-state index contributed by atoms with van der Waals surface area (Å²) in [6.07, 6.45) is -3.87. The lowest BCUT2D eigenvalue weighted by Crippen LogP contribution is -2.33. The highest BCUT2D eigenvalue weighted by atomic mass is 32.2. The van der Waals surface area contributed by atoms with E-state index in [1.807, 2.05) is 4.90 Å². The monoisotopic (exact) mass is 414 g/mol. The van der Waals surface area contributed by atoms with Gasteiger partial charge in [0.2, 0.25) is 0 Å². The average molecular weight is 414 g/mol. The van der Waals surface area contributed by atoms with Crippen molar-refractivity contribution < 1.29 is 31.1 Å². The van der Waals surface area contributed by atoms with E-state index in [9.17, 15) is 26.4 Å². The number of ether oxygens (including phenoxy) is 1. The maximum absolute atomic E-state index is 12.4. The quantitative estimate of drug-likeness (QED) is 0.810. The van der Waals surface area contributed by atoms with Gasteiger partial charge in [-0.1, -0.05) is 0 Å². The van der Waals surface area contributed by atoms with Gasteiger partial charge in [0.15, 0.2) is 0 Å². The Balaban J connectivity index is 1.67. The molecule has 0 unspecified atom stereocenters. The summed E-state index contributed by atoms with van der Waals surface area (Å²) in [7, 11) is -3.96. The zero-order valence-electron chi connectivity index (χ0n) is 14.6. The Morgan fingerprint density at radius 2 is 1.50 bits per heavy atom. The largest absolute Gasteiger partial charge is 0.573 e. The molecule has 0 spiro atoms. The number of carbonyl (C=O) groups is 1. The van der Waals surface area contributed by atoms with Crippen molar-refractivity contribution in [1.29, 1.82) is 0 Å². The number of nitrogens with one attached hydrogen (secondary N) is 1. The highest BCUT2D eigenvalue weighted by Crippen LogP contribution is 2.26. The summed E-state index contributed by atoms with van der Waals surface area (Å²) in [6.45, 7) is 1.24. The van der Waals surface area contributed by atoms with Gasteiger partial charge in [-0.05, 0) is 48.5 Å². The van der Waals surface area contributed by atoms with Crippen LogP contribution < -0.4 is 14.4 Å². The number of hydrogen-bond donors (Lipinski definition) is 1. The number of carbonyl (C=O) groups excluding carboxylic acids is 1. The molecule has 0 bridgehead atoms. The molecule has 1 N–H and O–H groups in total. The molecule has 2 aromatic carbocycles. The molecule has 1 fully saturated rings. The number of rotatable bonds is 5. The number of hydrogen-bond acceptors (Lipinski definition) is 5. The SMILES string of the molecule is O=C1CCN(c2ccc(NS(=O)(=O)c3ccc(OC(F)(F)F)cc3)cc2)CC1. The third kappa shape index (κ3) is 5.16. The van der Waals surface area contributed by atoms with Gasteiger partial charge in [-0.25, -0.2) is 8.42 Å². The summed E-state index contributed by atoms with van der Waals surface area (Å²) < 4.78 is 67.4. The Bertz CT molecular complexity index is 932. The van der Waals surface area contributed by atoms with Crippen LogP contribution in [0.1, 0.15) is 12.8 Å². The van der Waals surface area contributed by atoms with Gasteiger partial charge in [0.1, 0.15) is 11.5 Å². The fourth-order valence-corrected chi connectivity index (χ4v) is 3.85. The van der Waals surface area contributed by atoms with Crippen LogP contribution in [0.5, 0.6) is 5.75 Å². The molecule has 1 aliphatic heterocycles. The van der Waals surface area contributed by atoms with Crippen LogP contribution in [-0.2, 0) is 14.8 Å². The second-order valence-corrected chi connectivity index (χ2v) is 7.88. The van der Waals surface area contributed by atoms with Crippen molar-refractivity contribution in [2.24, 2.45) is 0 Å². The predicted octanol–water partition coefficient (Wildman–Crippen LogP) is 3.56. The van der Waals surface area contributed by atoms with Gasteiger partial charge in [0.05, 0.1) is 4.90 Å². The third-order valence-electron chi connectivity index (χ3n) is 4.17. The van der Waals surface area contributed by atoms with Crippen LogP contribution in [0.15, 0.2) is 53.4 Å². The topological polar surface area (TPSA) is 75.7 Å². The number of halogens is 3. The highest BCUT2D eigenvalue weighted by molar-refractivity contribution is 7.92. The molecule has 0 aromatic heterocycles. The molecule has 0 aliphatic carbocycles. The van der Waals surface area contributed by atoms with Crippen LogP contribution in [0.25, 0.3) is 0 Å². The summed E-state index contributed by atoms with van der Waals surface area (Å²) in [6, 6.07) is 10.6. The minimum atomic E-state index is -4.85. The van der Waals surface area contributed by atoms with Gasteiger partial charge in [-0.2, -0.15) is 0 Å². The van der Waals surface area contributed by atoms with Crippen LogP contribution in [0, 0.1) is 0 Å². The van der Waals surface area contributed by atoms with E-state index in [0.717, 1.165) is 30.0 Å². The van der Waals surface area contributed by atoms with Crippen LogP contribution in [-0.4, -0.2) is 33.7 Å². The molecule has 2 aromatic rings. The summed E-state index contributed by atoms with van der Waals surface area (Å²) >= 11 is 0. The molecule has 10 heteroatoms. The summed E-state index contributed by atoms with van der Waals surface area (Å²) in [5, 5.41) is 0. The highest BCUT2D eigenvalue weighted by Gasteiger charge is 2.31. The number of piperidine rings is 1. The van der Waals surface area contributed by atoms with Crippen molar-refractivity contribution in [3.63, 3.8) is 0 Å². The molecule has 0 saturated carbocycles. The number of Topliss-reactive ketones (excluding diaryl/α,β-unsaturated/α-hetero) is 1. The fraction of sp³-hybridized carbons (Fsp3) is 0.278. The van der Waals surface area contributed by atoms with E-state index in [1.165, 1.54) is 0 Å². The Hall–Kier alpha value is -2.75. The first-order chi connectivity index (χ1) is 13.1. The predicted molar refractivity (Wildman–Crippen MR) is 96.8 cm³/mol. The van der Waals surface area contributed by atoms with Gasteiger partial charge in [-0.3, -0.25) is 9.52 Å². The second kappa shape index (κ2) is 7.70. The zero-order chi connectivity index (χ0) is 20.4. The first-order valence-electron chi connectivity index (χ1n) is 8.38. The normalized spacial score (nSPS) is 15.4. The van der Waals surface area contributed by atoms with E-state index < -0.39 is 22.1 Å². The average Bonchev–Trinajstić information content (AvgIpc) is 2.62. The molecule has 3 rings (SSSR count). The van der Waals surface area contributed by atoms with Crippen LogP contribution in [0.2, 0.25) is 0 Å². The number of alkyl halides is 3. The molecule has 1 saturated heterocycles. The zero-order valence-corrected chi connectivity index (χ0v) is 15.4. The first kappa shape index (κ1) is 20.0. The standard InChI is InChI=1S/C18H17F3N2O4S/c19-18(20,21)27-16-5-7-17(8-6-16)28(25,26)22-13-1-3-14(4-2-13)23-11-9-15(24)10-12-23/h1-8,22H,9-12H2. The number of anilines is 2. The van der Waals surface area contributed by atoms with Crippen molar-refractivity contribution in [3.8, 4) is 5.75 Å². The van der Waals surface area contributed by atoms with E-state index in [4.69, 9.17) is 0 Å². The summed E-state index contributed by atoms with van der Waals surface area (Å²) in [4.78, 5) is 13.2. The Labute approximate surface area is 160 Å². The van der Waals surface area contributed by atoms with Crippen LogP contribution >= 0.6 is 0 Å². The molecular formula is C18H17F3N2O4S. The second-order valence-electron chi connectivity index (χ2n) is 6.20. The van der Waals surface area contributed by atoms with E-state index in [1.54, 1.807) is 24.3 Å². The number of nitrogens with zero attached hydrogens (tertiary/aromatic N) is 1. The van der Waals surface area contributed by atoms with Gasteiger partial charge >= 0.3 is 6.36 Å². The Kier molecular flexibility index (Phi) is 5.50. The van der Waals surface area contributed by atoms with Crippen molar-refractivity contribution in [2.75, 3.05) is 22.7 Å². The van der Waals surface area contributed by atoms with E-state index in [2.05, 4.69) is 9.46 Å². The Morgan fingerprint density at radius 3 is 2.04 bits per heavy atom. The molecule has 28 heavy (non-hydrogen) atoms. The molecule has 0 radical (unpaired) electrons. The minimum absolute atomic E-state index is 0.194. The molecule has 150 valence electrons. The smallest absolute Gasteiger partial charge is 0.406 e. The first-order valence-corrected chi connectivity index (χ1v) is 9.86. The number of sulfonamides is 1. The van der Waals surface area contributed by atoms with Crippen LogP contribution in [0.4, 0.5) is 24.5 Å². The summed E-state index contributed by atoms with van der Waals surface area (Å²) in [5.74, 6) is -0.275. The van der Waals surface area contributed by atoms with E-state index >= 15 is 0 Å².